The van der Waals surface area contributed by atoms with Crippen LogP contribution in [0.25, 0.3) is 0 Å². The Labute approximate surface area is 127 Å². The Hall–Kier alpha value is -1.01. The second-order valence-electron chi connectivity index (χ2n) is 5.81. The topological polar surface area (TPSA) is 34.1 Å². The first-order chi connectivity index (χ1) is 9.47. The van der Waals surface area contributed by atoms with Crippen LogP contribution in [0.1, 0.15) is 31.2 Å². The summed E-state index contributed by atoms with van der Waals surface area (Å²) in [6, 6.07) is 1.93. The van der Waals surface area contributed by atoms with E-state index >= 15 is 0 Å². The van der Waals surface area contributed by atoms with E-state index < -0.39 is 11.7 Å². The summed E-state index contributed by atoms with van der Waals surface area (Å²) in [4.78, 5) is 3.87. The zero-order chi connectivity index (χ0) is 14.2. The van der Waals surface area contributed by atoms with Gasteiger partial charge in [0.15, 0.2) is 0 Å². The molecule has 118 valence electrons. The fraction of sp³-hybridized carbons (Fsp3) is 0.643. The van der Waals surface area contributed by atoms with Crippen molar-refractivity contribution in [3.05, 3.63) is 23.9 Å². The van der Waals surface area contributed by atoms with Gasteiger partial charge < -0.3 is 10.1 Å². The Morgan fingerprint density at radius 3 is 2.71 bits per heavy atom. The van der Waals surface area contributed by atoms with Gasteiger partial charge in [0.25, 0.3) is 0 Å². The standard InChI is InChI=1S/C14H17F3N2O.ClH/c15-14(16,17)10-2-5-19-12(6-10)20-11-7-13(8-11)3-1-4-18-9-13;/h2,5-6,11,18H,1,3-4,7-9H2;1H. The summed E-state index contributed by atoms with van der Waals surface area (Å²) in [6.45, 7) is 2.05. The van der Waals surface area contributed by atoms with Crippen molar-refractivity contribution in [1.29, 1.82) is 0 Å². The van der Waals surface area contributed by atoms with Crippen molar-refractivity contribution >= 4 is 12.4 Å². The predicted molar refractivity (Wildman–Crippen MR) is 74.7 cm³/mol. The average molecular weight is 323 g/mol. The molecular formula is C14H18ClF3N2O. The lowest BCUT2D eigenvalue weighted by Crippen LogP contribution is -2.52. The third-order valence-corrected chi connectivity index (χ3v) is 4.23. The van der Waals surface area contributed by atoms with Crippen LogP contribution < -0.4 is 10.1 Å². The van der Waals surface area contributed by atoms with Gasteiger partial charge in [-0.25, -0.2) is 4.98 Å². The van der Waals surface area contributed by atoms with Gasteiger partial charge in [0, 0.05) is 18.8 Å². The molecule has 0 aromatic carbocycles. The Balaban J connectivity index is 0.00000161. The second-order valence-corrected chi connectivity index (χ2v) is 5.81. The highest BCUT2D eigenvalue weighted by Gasteiger charge is 2.46. The van der Waals surface area contributed by atoms with Gasteiger partial charge in [0.2, 0.25) is 5.88 Å². The summed E-state index contributed by atoms with van der Waals surface area (Å²) in [6.07, 6.45) is 0.926. The average Bonchev–Trinajstić information content (AvgIpc) is 2.37. The molecule has 1 aliphatic heterocycles. The number of aromatic nitrogens is 1. The zero-order valence-corrected chi connectivity index (χ0v) is 12.3. The number of rotatable bonds is 2. The van der Waals surface area contributed by atoms with Crippen LogP contribution in [0.2, 0.25) is 0 Å². The van der Waals surface area contributed by atoms with E-state index in [1.807, 2.05) is 0 Å². The maximum Gasteiger partial charge on any atom is 0.416 e. The molecule has 1 spiro atoms. The van der Waals surface area contributed by atoms with Gasteiger partial charge >= 0.3 is 6.18 Å². The SMILES string of the molecule is Cl.FC(F)(F)c1ccnc(OC2CC3(CCCNC3)C2)c1. The van der Waals surface area contributed by atoms with E-state index in [2.05, 4.69) is 10.3 Å². The van der Waals surface area contributed by atoms with Crippen molar-refractivity contribution < 1.29 is 17.9 Å². The highest BCUT2D eigenvalue weighted by Crippen LogP contribution is 2.47. The Morgan fingerprint density at radius 2 is 2.10 bits per heavy atom. The van der Waals surface area contributed by atoms with Crippen LogP contribution >= 0.6 is 12.4 Å². The number of hydrogen-bond acceptors (Lipinski definition) is 3. The highest BCUT2D eigenvalue weighted by molar-refractivity contribution is 5.85. The molecule has 3 rings (SSSR count). The zero-order valence-electron chi connectivity index (χ0n) is 11.4. The molecule has 21 heavy (non-hydrogen) atoms. The van der Waals surface area contributed by atoms with Crippen LogP contribution in [0, 0.1) is 5.41 Å². The number of halogens is 4. The maximum absolute atomic E-state index is 12.6. The summed E-state index contributed by atoms with van der Waals surface area (Å²) >= 11 is 0. The molecular weight excluding hydrogens is 305 g/mol. The first kappa shape index (κ1) is 16.4. The molecule has 3 nitrogen and oxygen atoms in total. The largest absolute Gasteiger partial charge is 0.474 e. The minimum absolute atomic E-state index is 0. The summed E-state index contributed by atoms with van der Waals surface area (Å²) in [5.41, 5.74) is -0.416. The normalized spacial score (nSPS) is 28.6. The van der Waals surface area contributed by atoms with Crippen molar-refractivity contribution in [3.63, 3.8) is 0 Å². The van der Waals surface area contributed by atoms with Crippen LogP contribution in [-0.4, -0.2) is 24.2 Å². The maximum atomic E-state index is 12.6. The van der Waals surface area contributed by atoms with E-state index in [0.29, 0.717) is 5.41 Å². The molecule has 2 fully saturated rings. The van der Waals surface area contributed by atoms with Crippen molar-refractivity contribution in [3.8, 4) is 5.88 Å². The van der Waals surface area contributed by atoms with Gasteiger partial charge in [0.05, 0.1) is 5.56 Å². The first-order valence-electron chi connectivity index (χ1n) is 6.88. The first-order valence-corrected chi connectivity index (χ1v) is 6.88. The second kappa shape index (κ2) is 6.01. The Morgan fingerprint density at radius 1 is 1.33 bits per heavy atom. The van der Waals surface area contributed by atoms with Crippen molar-refractivity contribution in [2.24, 2.45) is 5.41 Å². The van der Waals surface area contributed by atoms with Crippen LogP contribution in [0.4, 0.5) is 13.2 Å². The molecule has 0 amide bonds. The molecule has 1 aromatic heterocycles. The summed E-state index contributed by atoms with van der Waals surface area (Å²) in [5.74, 6) is 0.0726. The lowest BCUT2D eigenvalue weighted by Gasteiger charge is -2.49. The third kappa shape index (κ3) is 3.61. The summed E-state index contributed by atoms with van der Waals surface area (Å²) in [5, 5.41) is 3.37. The molecule has 1 aromatic rings. The number of ether oxygens (including phenoxy) is 1. The molecule has 1 aliphatic carbocycles. The molecule has 0 bridgehead atoms. The Kier molecular flexibility index (Phi) is 4.68. The highest BCUT2D eigenvalue weighted by atomic mass is 35.5. The minimum Gasteiger partial charge on any atom is -0.474 e. The van der Waals surface area contributed by atoms with E-state index in [1.165, 1.54) is 6.42 Å². The number of pyridine rings is 1. The number of hydrogen-bond donors (Lipinski definition) is 1. The van der Waals surface area contributed by atoms with Crippen LogP contribution in [0.5, 0.6) is 5.88 Å². The van der Waals surface area contributed by atoms with Crippen LogP contribution in [0.3, 0.4) is 0 Å². The van der Waals surface area contributed by atoms with Gasteiger partial charge in [0.1, 0.15) is 6.10 Å². The van der Waals surface area contributed by atoms with E-state index in [0.717, 1.165) is 50.7 Å². The number of nitrogens with zero attached hydrogens (tertiary/aromatic N) is 1. The van der Waals surface area contributed by atoms with Gasteiger partial charge in [-0.05, 0) is 43.7 Å². The molecule has 1 N–H and O–H groups in total. The van der Waals surface area contributed by atoms with E-state index in [1.54, 1.807) is 0 Å². The number of piperidine rings is 1. The van der Waals surface area contributed by atoms with Crippen molar-refractivity contribution in [2.45, 2.75) is 38.0 Å². The van der Waals surface area contributed by atoms with Gasteiger partial charge in [-0.3, -0.25) is 0 Å². The minimum atomic E-state index is -4.35. The predicted octanol–water partition coefficient (Wildman–Crippen LogP) is 3.43. The smallest absolute Gasteiger partial charge is 0.416 e. The number of nitrogens with one attached hydrogen (secondary N) is 1. The van der Waals surface area contributed by atoms with Gasteiger partial charge in [-0.15, -0.1) is 12.4 Å². The summed E-state index contributed by atoms with van der Waals surface area (Å²) < 4.78 is 43.4. The lowest BCUT2D eigenvalue weighted by molar-refractivity contribution is -0.137. The fourth-order valence-electron chi connectivity index (χ4n) is 3.19. The lowest BCUT2D eigenvalue weighted by atomic mass is 9.63. The van der Waals surface area contributed by atoms with Crippen molar-refractivity contribution in [1.82, 2.24) is 10.3 Å². The molecule has 1 saturated heterocycles. The molecule has 2 heterocycles. The number of alkyl halides is 3. The fourth-order valence-corrected chi connectivity index (χ4v) is 3.19. The molecule has 2 aliphatic rings. The van der Waals surface area contributed by atoms with Gasteiger partial charge in [-0.2, -0.15) is 13.2 Å². The van der Waals surface area contributed by atoms with Crippen LogP contribution in [-0.2, 0) is 6.18 Å². The Bertz CT molecular complexity index is 481. The van der Waals surface area contributed by atoms with E-state index in [4.69, 9.17) is 4.74 Å². The quantitative estimate of drug-likeness (QED) is 0.905. The van der Waals surface area contributed by atoms with Crippen molar-refractivity contribution in [2.75, 3.05) is 13.1 Å². The molecule has 0 atom stereocenters. The molecule has 0 unspecified atom stereocenters. The van der Waals surface area contributed by atoms with E-state index in [9.17, 15) is 13.2 Å². The van der Waals surface area contributed by atoms with Gasteiger partial charge in [-0.1, -0.05) is 0 Å². The third-order valence-electron chi connectivity index (χ3n) is 4.23. The monoisotopic (exact) mass is 322 g/mol. The molecule has 1 saturated carbocycles. The van der Waals surface area contributed by atoms with E-state index in [-0.39, 0.29) is 24.4 Å². The molecule has 0 radical (unpaired) electrons. The molecule has 7 heteroatoms. The summed E-state index contributed by atoms with van der Waals surface area (Å²) in [7, 11) is 0. The van der Waals surface area contributed by atoms with Crippen LogP contribution in [0.15, 0.2) is 18.3 Å².